The molecule has 1 saturated heterocycles. The summed E-state index contributed by atoms with van der Waals surface area (Å²) < 4.78 is 6.88. The van der Waals surface area contributed by atoms with Crippen molar-refractivity contribution in [2.75, 3.05) is 0 Å². The normalized spacial score (nSPS) is 32.4. The van der Waals surface area contributed by atoms with Crippen molar-refractivity contribution in [2.45, 2.75) is 38.2 Å². The fourth-order valence-electron chi connectivity index (χ4n) is 2.44. The van der Waals surface area contributed by atoms with E-state index in [1.54, 1.807) is 6.92 Å². The summed E-state index contributed by atoms with van der Waals surface area (Å²) in [5.74, 6) is 2.25. The summed E-state index contributed by atoms with van der Waals surface area (Å²) in [6.45, 7) is 3.64. The van der Waals surface area contributed by atoms with Crippen molar-refractivity contribution < 1.29 is 53.9 Å². The molecule has 0 aliphatic carbocycles. The van der Waals surface area contributed by atoms with Gasteiger partial charge in [0.25, 0.3) is 5.56 Å². The van der Waals surface area contributed by atoms with Crippen LogP contribution in [-0.4, -0.2) is 26.4 Å². The molecule has 0 spiro atoms. The second-order valence-corrected chi connectivity index (χ2v) is 4.69. The van der Waals surface area contributed by atoms with Crippen LogP contribution in [0.15, 0.2) is 21.9 Å². The van der Waals surface area contributed by atoms with E-state index in [4.69, 9.17) is 11.2 Å². The second kappa shape index (κ2) is 6.58. The van der Waals surface area contributed by atoms with E-state index in [0.717, 1.165) is 4.57 Å². The van der Waals surface area contributed by atoms with Crippen molar-refractivity contribution in [2.24, 2.45) is 5.92 Å². The summed E-state index contributed by atoms with van der Waals surface area (Å²) in [5, 5.41) is 10.2. The third kappa shape index (κ3) is 2.80. The number of hydrogen-bond donors (Lipinski definition) is 2. The summed E-state index contributed by atoms with van der Waals surface area (Å²) in [6.07, 6.45) is 5.51. The van der Waals surface area contributed by atoms with E-state index in [0.29, 0.717) is 6.42 Å². The van der Waals surface area contributed by atoms with Crippen LogP contribution < -0.4 is 11.2 Å². The number of aromatic nitrogens is 2. The summed E-state index contributed by atoms with van der Waals surface area (Å²) in [7, 11) is 0. The second-order valence-electron chi connectivity index (χ2n) is 4.69. The van der Waals surface area contributed by atoms with Crippen LogP contribution in [0, 0.1) is 62.3 Å². The van der Waals surface area contributed by atoms with Crippen LogP contribution in [0.5, 0.6) is 0 Å². The van der Waals surface area contributed by atoms with Gasteiger partial charge in [0.2, 0.25) is 0 Å². The summed E-state index contributed by atoms with van der Waals surface area (Å²) >= 11 is 0. The molecule has 0 bridgehead atoms. The van der Waals surface area contributed by atoms with Gasteiger partial charge in [-0.3, -0.25) is 14.3 Å². The van der Waals surface area contributed by atoms with Gasteiger partial charge in [0, 0.05) is 62.2 Å². The standard InChI is InChI=1S/C13H16N2O4.Ac/c1-4-13(5-2)8(3)10(17)11(19-13)15-7-6-9(16)14-12(15)18;/h1,6-8,10-11,17H,5H2,2-3H3,(H,14,16,18);/t8?,10?,11-,13-;/m1./s1. The number of aliphatic hydroxyl groups excluding tert-OH is 1. The minimum atomic E-state index is -0.917. The molecule has 1 aromatic heterocycles. The Bertz CT molecular complexity index is 632. The average Bonchev–Trinajstić information content (AvgIpc) is 2.64. The van der Waals surface area contributed by atoms with Crippen LogP contribution in [0.2, 0.25) is 0 Å². The number of hydrogen-bond acceptors (Lipinski definition) is 4. The van der Waals surface area contributed by atoms with E-state index in [9.17, 15) is 14.7 Å². The smallest absolute Gasteiger partial charge is 0.330 e. The van der Waals surface area contributed by atoms with Crippen LogP contribution in [-0.2, 0) is 4.74 Å². The van der Waals surface area contributed by atoms with Gasteiger partial charge in [0.05, 0.1) is 0 Å². The molecule has 1 fully saturated rings. The molecule has 1 aromatic rings. The van der Waals surface area contributed by atoms with E-state index in [1.807, 2.05) is 6.92 Å². The van der Waals surface area contributed by atoms with Crippen molar-refractivity contribution in [1.82, 2.24) is 9.55 Å². The molecule has 1 aliphatic heterocycles. The molecule has 1 aliphatic rings. The summed E-state index contributed by atoms with van der Waals surface area (Å²) in [6, 6.07) is 1.20. The monoisotopic (exact) mass is 491 g/mol. The number of aromatic amines is 1. The van der Waals surface area contributed by atoms with Crippen molar-refractivity contribution >= 4 is 0 Å². The molecule has 105 valence electrons. The first-order chi connectivity index (χ1) is 8.95. The minimum Gasteiger partial charge on any atom is -0.388 e. The topological polar surface area (TPSA) is 84.3 Å². The molecule has 0 saturated carbocycles. The van der Waals surface area contributed by atoms with Gasteiger partial charge in [-0.2, -0.15) is 0 Å². The molecule has 1 radical (unpaired) electrons. The third-order valence-electron chi connectivity index (χ3n) is 3.77. The van der Waals surface area contributed by atoms with Gasteiger partial charge in [-0.05, 0) is 6.42 Å². The zero-order valence-corrected chi connectivity index (χ0v) is 16.1. The fourth-order valence-corrected chi connectivity index (χ4v) is 2.44. The predicted octanol–water partition coefficient (Wildman–Crippen LogP) is -0.156. The Hall–Kier alpha value is -0.398. The predicted molar refractivity (Wildman–Crippen MR) is 68.5 cm³/mol. The zero-order chi connectivity index (χ0) is 14.2. The summed E-state index contributed by atoms with van der Waals surface area (Å²) in [4.78, 5) is 24.9. The Kier molecular flexibility index (Phi) is 5.80. The van der Waals surface area contributed by atoms with Crippen LogP contribution in [0.3, 0.4) is 0 Å². The molecule has 20 heavy (non-hydrogen) atoms. The molecule has 2 rings (SSSR count). The van der Waals surface area contributed by atoms with Gasteiger partial charge < -0.3 is 9.84 Å². The van der Waals surface area contributed by atoms with Crippen LogP contribution in [0.1, 0.15) is 26.5 Å². The van der Waals surface area contributed by atoms with Gasteiger partial charge in [-0.25, -0.2) is 4.79 Å². The van der Waals surface area contributed by atoms with E-state index >= 15 is 0 Å². The molecule has 2 heterocycles. The van der Waals surface area contributed by atoms with Gasteiger partial charge in [-0.1, -0.05) is 19.8 Å². The van der Waals surface area contributed by atoms with E-state index in [2.05, 4.69) is 10.9 Å². The maximum atomic E-state index is 11.7. The van der Waals surface area contributed by atoms with E-state index in [-0.39, 0.29) is 50.0 Å². The SMILES string of the molecule is C#C[C@]1(CC)O[C@@H](n2ccc(=O)[nH]c2=O)C(O)C1C.[Ac]. The van der Waals surface area contributed by atoms with Gasteiger partial charge >= 0.3 is 5.69 Å². The average molecular weight is 491 g/mol. The number of ether oxygens (including phenoxy) is 1. The number of aliphatic hydroxyl groups is 1. The first-order valence-corrected chi connectivity index (χ1v) is 6.10. The van der Waals surface area contributed by atoms with Crippen molar-refractivity contribution in [3.63, 3.8) is 0 Å². The Labute approximate surface area is 152 Å². The number of H-pyrrole nitrogens is 1. The number of rotatable bonds is 2. The van der Waals surface area contributed by atoms with Crippen molar-refractivity contribution in [3.8, 4) is 12.3 Å². The molecule has 6 nitrogen and oxygen atoms in total. The molecule has 7 heteroatoms. The number of nitrogens with one attached hydrogen (secondary N) is 1. The first-order valence-electron chi connectivity index (χ1n) is 6.10. The third-order valence-corrected chi connectivity index (χ3v) is 3.77. The van der Waals surface area contributed by atoms with Gasteiger partial charge in [-0.15, -0.1) is 6.42 Å². The maximum Gasteiger partial charge on any atom is 0.330 e. The van der Waals surface area contributed by atoms with Gasteiger partial charge in [0.15, 0.2) is 6.23 Å². The Balaban J connectivity index is 0.00000200. The van der Waals surface area contributed by atoms with Crippen LogP contribution in [0.4, 0.5) is 0 Å². The molecule has 0 aromatic carbocycles. The van der Waals surface area contributed by atoms with E-state index < -0.39 is 29.2 Å². The Morgan fingerprint density at radius 3 is 2.70 bits per heavy atom. The molecule has 0 amide bonds. The van der Waals surface area contributed by atoms with Crippen molar-refractivity contribution in [3.05, 3.63) is 33.1 Å². The quantitative estimate of drug-likeness (QED) is 0.564. The fraction of sp³-hybridized carbons (Fsp3) is 0.538. The maximum absolute atomic E-state index is 11.7. The molecule has 2 unspecified atom stereocenters. The van der Waals surface area contributed by atoms with Crippen LogP contribution in [0.25, 0.3) is 0 Å². The summed E-state index contributed by atoms with van der Waals surface area (Å²) in [5.41, 5.74) is -2.03. The largest absolute Gasteiger partial charge is 0.388 e. The molecule has 2 N–H and O–H groups in total. The molecule has 4 atom stereocenters. The molecular formula is C13H16AcN2O4. The Morgan fingerprint density at radius 1 is 1.60 bits per heavy atom. The zero-order valence-electron chi connectivity index (χ0n) is 11.4. The molecular weight excluding hydrogens is 475 g/mol. The van der Waals surface area contributed by atoms with Crippen molar-refractivity contribution in [1.29, 1.82) is 0 Å². The number of terminal acetylenes is 1. The first kappa shape index (κ1) is 17.7. The Morgan fingerprint density at radius 2 is 2.25 bits per heavy atom. The number of nitrogens with zero attached hydrogens (tertiary/aromatic N) is 1. The van der Waals surface area contributed by atoms with Crippen LogP contribution >= 0.6 is 0 Å². The minimum absolute atomic E-state index is 0. The van der Waals surface area contributed by atoms with E-state index in [1.165, 1.54) is 12.3 Å². The van der Waals surface area contributed by atoms with Gasteiger partial charge in [0.1, 0.15) is 11.7 Å².